The van der Waals surface area contributed by atoms with Crippen molar-refractivity contribution in [2.24, 2.45) is 0 Å². The van der Waals surface area contributed by atoms with Crippen molar-refractivity contribution in [1.29, 1.82) is 0 Å². The molecule has 124 valence electrons. The molecule has 0 aliphatic carbocycles. The lowest BCUT2D eigenvalue weighted by Crippen LogP contribution is -2.34. The highest BCUT2D eigenvalue weighted by Gasteiger charge is 2.24. The molecule has 0 fully saturated rings. The van der Waals surface area contributed by atoms with Gasteiger partial charge in [0.1, 0.15) is 6.04 Å². The van der Waals surface area contributed by atoms with Crippen LogP contribution in [0.3, 0.4) is 0 Å². The summed E-state index contributed by atoms with van der Waals surface area (Å²) in [4.78, 5) is 22.5. The van der Waals surface area contributed by atoms with Gasteiger partial charge in [0.2, 0.25) is 17.6 Å². The molecule has 3 rings (SSSR count). The third-order valence-corrected chi connectivity index (χ3v) is 3.67. The van der Waals surface area contributed by atoms with Gasteiger partial charge in [-0.25, -0.2) is 0 Å². The standard InChI is InChI=1S/C16H18N6O2/c1-3-13(22-10-4-7-18-22)16(23)21(2)11-14-19-15(20-24-14)12-5-8-17-9-6-12/h4-10,13H,3,11H2,1-2H3/t13-/m1/s1. The van der Waals surface area contributed by atoms with E-state index in [-0.39, 0.29) is 18.5 Å². The van der Waals surface area contributed by atoms with Crippen molar-refractivity contribution >= 4 is 5.91 Å². The van der Waals surface area contributed by atoms with Crippen LogP contribution in [0, 0.1) is 0 Å². The SMILES string of the molecule is CC[C@H](C(=O)N(C)Cc1nc(-c2ccncc2)no1)n1cccn1. The largest absolute Gasteiger partial charge is 0.337 e. The second kappa shape index (κ2) is 7.03. The molecule has 3 aromatic rings. The number of carbonyl (C=O) groups excluding carboxylic acids is 1. The van der Waals surface area contributed by atoms with Gasteiger partial charge in [-0.05, 0) is 24.6 Å². The maximum Gasteiger partial charge on any atom is 0.247 e. The van der Waals surface area contributed by atoms with E-state index in [9.17, 15) is 4.79 Å². The molecule has 0 unspecified atom stereocenters. The topological polar surface area (TPSA) is 89.9 Å². The lowest BCUT2D eigenvalue weighted by Gasteiger charge is -2.21. The summed E-state index contributed by atoms with van der Waals surface area (Å²) >= 11 is 0. The zero-order chi connectivity index (χ0) is 16.9. The predicted octanol–water partition coefficient (Wildman–Crippen LogP) is 1.94. The second-order valence-electron chi connectivity index (χ2n) is 5.35. The fourth-order valence-electron chi connectivity index (χ4n) is 2.41. The van der Waals surface area contributed by atoms with Crippen LogP contribution in [0.1, 0.15) is 25.3 Å². The molecule has 24 heavy (non-hydrogen) atoms. The fourth-order valence-corrected chi connectivity index (χ4v) is 2.41. The van der Waals surface area contributed by atoms with Crippen molar-refractivity contribution in [2.45, 2.75) is 25.9 Å². The third kappa shape index (κ3) is 3.32. The summed E-state index contributed by atoms with van der Waals surface area (Å²) in [6, 6.07) is 5.06. The number of hydrogen-bond donors (Lipinski definition) is 0. The van der Waals surface area contributed by atoms with Crippen LogP contribution in [-0.4, -0.2) is 42.8 Å². The molecular formula is C16H18N6O2. The third-order valence-electron chi connectivity index (χ3n) is 3.67. The minimum atomic E-state index is -0.340. The van der Waals surface area contributed by atoms with Crippen LogP contribution < -0.4 is 0 Å². The van der Waals surface area contributed by atoms with Crippen molar-refractivity contribution in [3.63, 3.8) is 0 Å². The molecule has 8 heteroatoms. The van der Waals surface area contributed by atoms with Gasteiger partial charge in [0.25, 0.3) is 0 Å². The van der Waals surface area contributed by atoms with E-state index >= 15 is 0 Å². The Labute approximate surface area is 139 Å². The number of aromatic nitrogens is 5. The molecule has 8 nitrogen and oxygen atoms in total. The summed E-state index contributed by atoms with van der Waals surface area (Å²) in [7, 11) is 1.71. The van der Waals surface area contributed by atoms with Gasteiger partial charge in [-0.15, -0.1) is 0 Å². The number of pyridine rings is 1. The zero-order valence-corrected chi connectivity index (χ0v) is 13.5. The molecule has 0 aromatic carbocycles. The minimum Gasteiger partial charge on any atom is -0.337 e. The Morgan fingerprint density at radius 2 is 2.12 bits per heavy atom. The highest BCUT2D eigenvalue weighted by Crippen LogP contribution is 2.17. The number of hydrogen-bond acceptors (Lipinski definition) is 6. The Balaban J connectivity index is 1.69. The first-order valence-corrected chi connectivity index (χ1v) is 7.66. The molecule has 0 spiro atoms. The summed E-state index contributed by atoms with van der Waals surface area (Å²) in [6.07, 6.45) is 7.42. The molecule has 0 radical (unpaired) electrons. The summed E-state index contributed by atoms with van der Waals surface area (Å²) in [5.74, 6) is 0.810. The summed E-state index contributed by atoms with van der Waals surface area (Å²) < 4.78 is 6.91. The average molecular weight is 326 g/mol. The Bertz CT molecular complexity index is 784. The average Bonchev–Trinajstić information content (AvgIpc) is 3.28. The van der Waals surface area contributed by atoms with Crippen molar-refractivity contribution in [3.05, 3.63) is 48.9 Å². The minimum absolute atomic E-state index is 0.0511. The van der Waals surface area contributed by atoms with E-state index in [1.165, 1.54) is 0 Å². The van der Waals surface area contributed by atoms with Crippen LogP contribution in [-0.2, 0) is 11.3 Å². The first-order chi connectivity index (χ1) is 11.7. The molecule has 1 atom stereocenters. The van der Waals surface area contributed by atoms with Crippen molar-refractivity contribution in [3.8, 4) is 11.4 Å². The Morgan fingerprint density at radius 3 is 2.79 bits per heavy atom. The van der Waals surface area contributed by atoms with Crippen LogP contribution in [0.15, 0.2) is 47.5 Å². The summed E-state index contributed by atoms with van der Waals surface area (Å²) in [5, 5.41) is 8.10. The number of amides is 1. The molecule has 0 saturated carbocycles. The van der Waals surface area contributed by atoms with Gasteiger partial charge in [0, 0.05) is 37.4 Å². The monoisotopic (exact) mass is 326 g/mol. The lowest BCUT2D eigenvalue weighted by atomic mass is 10.2. The van der Waals surface area contributed by atoms with E-state index in [0.717, 1.165) is 5.56 Å². The zero-order valence-electron chi connectivity index (χ0n) is 13.5. The fraction of sp³-hybridized carbons (Fsp3) is 0.312. The highest BCUT2D eigenvalue weighted by atomic mass is 16.5. The Hall–Kier alpha value is -3.03. The number of carbonyl (C=O) groups is 1. The molecular weight excluding hydrogens is 308 g/mol. The quantitative estimate of drug-likeness (QED) is 0.687. The molecule has 3 aromatic heterocycles. The second-order valence-corrected chi connectivity index (χ2v) is 5.35. The predicted molar refractivity (Wildman–Crippen MR) is 85.6 cm³/mol. The van der Waals surface area contributed by atoms with E-state index in [0.29, 0.717) is 18.1 Å². The van der Waals surface area contributed by atoms with Gasteiger partial charge >= 0.3 is 0 Å². The van der Waals surface area contributed by atoms with Gasteiger partial charge in [0.15, 0.2) is 0 Å². The smallest absolute Gasteiger partial charge is 0.247 e. The van der Waals surface area contributed by atoms with Crippen molar-refractivity contribution < 1.29 is 9.32 Å². The van der Waals surface area contributed by atoms with E-state index in [2.05, 4.69) is 20.2 Å². The maximum absolute atomic E-state index is 12.6. The van der Waals surface area contributed by atoms with Crippen molar-refractivity contribution in [1.82, 2.24) is 29.8 Å². The molecule has 0 saturated heterocycles. The highest BCUT2D eigenvalue weighted by molar-refractivity contribution is 5.79. The molecule has 0 aliphatic heterocycles. The molecule has 0 N–H and O–H groups in total. The molecule has 1 amide bonds. The first kappa shape index (κ1) is 15.9. The van der Waals surface area contributed by atoms with Crippen LogP contribution in [0.5, 0.6) is 0 Å². The molecule has 0 aliphatic rings. The number of likely N-dealkylation sites (N-methyl/N-ethyl adjacent to an activating group) is 1. The van der Waals surface area contributed by atoms with Crippen LogP contribution in [0.25, 0.3) is 11.4 Å². The van der Waals surface area contributed by atoms with Gasteiger partial charge in [0.05, 0.1) is 6.54 Å². The molecule has 0 bridgehead atoms. The van der Waals surface area contributed by atoms with Gasteiger partial charge in [-0.3, -0.25) is 14.5 Å². The van der Waals surface area contributed by atoms with E-state index in [1.807, 2.05) is 6.92 Å². The van der Waals surface area contributed by atoms with Gasteiger partial charge < -0.3 is 9.42 Å². The number of rotatable bonds is 6. The van der Waals surface area contributed by atoms with E-state index in [4.69, 9.17) is 4.52 Å². The normalized spacial score (nSPS) is 12.1. The van der Waals surface area contributed by atoms with Crippen LogP contribution in [0.2, 0.25) is 0 Å². The van der Waals surface area contributed by atoms with E-state index in [1.54, 1.807) is 59.6 Å². The maximum atomic E-state index is 12.6. The summed E-state index contributed by atoms with van der Waals surface area (Å²) in [5.41, 5.74) is 0.817. The van der Waals surface area contributed by atoms with Crippen LogP contribution in [0.4, 0.5) is 0 Å². The van der Waals surface area contributed by atoms with Crippen LogP contribution >= 0.6 is 0 Å². The first-order valence-electron chi connectivity index (χ1n) is 7.66. The van der Waals surface area contributed by atoms with Crippen molar-refractivity contribution in [2.75, 3.05) is 7.05 Å². The number of nitrogens with zero attached hydrogens (tertiary/aromatic N) is 6. The van der Waals surface area contributed by atoms with Gasteiger partial charge in [-0.2, -0.15) is 10.1 Å². The Morgan fingerprint density at radius 1 is 1.33 bits per heavy atom. The molecule has 3 heterocycles. The lowest BCUT2D eigenvalue weighted by molar-refractivity contribution is -0.134. The Kier molecular flexibility index (Phi) is 4.64. The van der Waals surface area contributed by atoms with Gasteiger partial charge in [-0.1, -0.05) is 12.1 Å². The summed E-state index contributed by atoms with van der Waals surface area (Å²) in [6.45, 7) is 2.20. The van der Waals surface area contributed by atoms with E-state index < -0.39 is 0 Å².